The van der Waals surface area contributed by atoms with E-state index in [1.807, 2.05) is 6.07 Å². The molecule has 0 aliphatic rings. The van der Waals surface area contributed by atoms with Crippen LogP contribution in [0.15, 0.2) is 48.5 Å². The molecule has 0 aliphatic heterocycles. The van der Waals surface area contributed by atoms with E-state index < -0.39 is 35.7 Å². The smallest absolute Gasteiger partial charge is 0.319 e. The molecule has 0 aliphatic carbocycles. The van der Waals surface area contributed by atoms with Gasteiger partial charge in [0.2, 0.25) is 5.91 Å². The third-order valence-corrected chi connectivity index (χ3v) is 4.07. The largest absolute Gasteiger partial charge is 0.348 e. The van der Waals surface area contributed by atoms with E-state index in [0.29, 0.717) is 11.3 Å². The van der Waals surface area contributed by atoms with Gasteiger partial charge in [-0.15, -0.1) is 0 Å². The summed E-state index contributed by atoms with van der Waals surface area (Å²) < 4.78 is 26.5. The molecule has 2 atom stereocenters. The number of para-hydroxylation sites is 1. The summed E-state index contributed by atoms with van der Waals surface area (Å²) >= 11 is 0. The van der Waals surface area contributed by atoms with Crippen LogP contribution in [-0.4, -0.2) is 18.0 Å². The van der Waals surface area contributed by atoms with Crippen molar-refractivity contribution in [2.75, 3.05) is 5.32 Å². The standard InChI is InChI=1S/C20H23F2N3O2/c1-12(2)18(25-20(27)24-15-7-5-4-6-8-15)19(26)23-13(3)14-9-10-16(21)17(22)11-14/h4-13,18H,1-3H3,(H,23,26)(H2,24,25,27). The number of amides is 3. The first-order valence-corrected chi connectivity index (χ1v) is 8.66. The van der Waals surface area contributed by atoms with Crippen molar-refractivity contribution in [2.45, 2.75) is 32.9 Å². The summed E-state index contributed by atoms with van der Waals surface area (Å²) in [5.74, 6) is -2.51. The molecule has 3 N–H and O–H groups in total. The van der Waals surface area contributed by atoms with E-state index in [1.165, 1.54) is 6.07 Å². The second kappa shape index (κ2) is 9.12. The third-order valence-electron chi connectivity index (χ3n) is 4.07. The number of urea groups is 1. The summed E-state index contributed by atoms with van der Waals surface area (Å²) in [5.41, 5.74) is 1.03. The number of nitrogens with one attached hydrogen (secondary N) is 3. The van der Waals surface area contributed by atoms with E-state index in [0.717, 1.165) is 12.1 Å². The first-order chi connectivity index (χ1) is 12.8. The van der Waals surface area contributed by atoms with Crippen LogP contribution in [0.1, 0.15) is 32.4 Å². The molecule has 2 aromatic rings. The number of rotatable bonds is 6. The minimum absolute atomic E-state index is 0.177. The van der Waals surface area contributed by atoms with Crippen LogP contribution in [0.2, 0.25) is 0 Å². The predicted octanol–water partition coefficient (Wildman–Crippen LogP) is 3.99. The summed E-state index contributed by atoms with van der Waals surface area (Å²) in [6, 6.07) is 10.5. The zero-order valence-corrected chi connectivity index (χ0v) is 15.4. The highest BCUT2D eigenvalue weighted by Gasteiger charge is 2.25. The SMILES string of the molecule is CC(NC(=O)C(NC(=O)Nc1ccccc1)C(C)C)c1ccc(F)c(F)c1. The van der Waals surface area contributed by atoms with Crippen LogP contribution in [-0.2, 0) is 4.79 Å². The molecule has 0 saturated carbocycles. The molecule has 0 spiro atoms. The van der Waals surface area contributed by atoms with Crippen LogP contribution < -0.4 is 16.0 Å². The Labute approximate surface area is 157 Å². The Morgan fingerprint density at radius 2 is 1.56 bits per heavy atom. The van der Waals surface area contributed by atoms with Crippen molar-refractivity contribution in [1.82, 2.24) is 10.6 Å². The Morgan fingerprint density at radius 3 is 2.15 bits per heavy atom. The van der Waals surface area contributed by atoms with Crippen LogP contribution in [0, 0.1) is 17.6 Å². The van der Waals surface area contributed by atoms with Gasteiger partial charge in [-0.2, -0.15) is 0 Å². The van der Waals surface area contributed by atoms with Gasteiger partial charge < -0.3 is 16.0 Å². The number of hydrogen-bond donors (Lipinski definition) is 3. The van der Waals surface area contributed by atoms with E-state index in [4.69, 9.17) is 0 Å². The van der Waals surface area contributed by atoms with Gasteiger partial charge in [0.15, 0.2) is 11.6 Å². The highest BCUT2D eigenvalue weighted by molar-refractivity contribution is 5.93. The van der Waals surface area contributed by atoms with E-state index in [-0.39, 0.29) is 5.92 Å². The van der Waals surface area contributed by atoms with Crippen LogP contribution >= 0.6 is 0 Å². The van der Waals surface area contributed by atoms with Gasteiger partial charge in [-0.1, -0.05) is 38.1 Å². The fourth-order valence-corrected chi connectivity index (χ4v) is 2.53. The van der Waals surface area contributed by atoms with Gasteiger partial charge in [-0.25, -0.2) is 13.6 Å². The zero-order valence-electron chi connectivity index (χ0n) is 15.4. The second-order valence-electron chi connectivity index (χ2n) is 6.59. The Balaban J connectivity index is 2.01. The van der Waals surface area contributed by atoms with Crippen molar-refractivity contribution in [3.8, 4) is 0 Å². The van der Waals surface area contributed by atoms with Gasteiger partial charge in [-0.3, -0.25) is 4.79 Å². The maximum atomic E-state index is 13.4. The van der Waals surface area contributed by atoms with Crippen molar-refractivity contribution in [3.05, 3.63) is 65.7 Å². The Bertz CT molecular complexity index is 797. The molecule has 0 bridgehead atoms. The van der Waals surface area contributed by atoms with Crippen molar-refractivity contribution in [3.63, 3.8) is 0 Å². The monoisotopic (exact) mass is 375 g/mol. The van der Waals surface area contributed by atoms with Crippen LogP contribution in [0.4, 0.5) is 19.3 Å². The maximum absolute atomic E-state index is 13.4. The van der Waals surface area contributed by atoms with Crippen molar-refractivity contribution in [1.29, 1.82) is 0 Å². The Hall–Kier alpha value is -2.96. The van der Waals surface area contributed by atoms with Crippen molar-refractivity contribution < 1.29 is 18.4 Å². The molecule has 5 nitrogen and oxygen atoms in total. The molecular weight excluding hydrogens is 352 g/mol. The third kappa shape index (κ3) is 5.77. The van der Waals surface area contributed by atoms with E-state index in [1.54, 1.807) is 45.0 Å². The van der Waals surface area contributed by atoms with Crippen LogP contribution in [0.3, 0.4) is 0 Å². The summed E-state index contributed by atoms with van der Waals surface area (Å²) in [6.45, 7) is 5.26. The van der Waals surface area contributed by atoms with Gasteiger partial charge >= 0.3 is 6.03 Å². The number of carbonyl (C=O) groups is 2. The topological polar surface area (TPSA) is 70.2 Å². The average Bonchev–Trinajstić information content (AvgIpc) is 2.62. The lowest BCUT2D eigenvalue weighted by atomic mass is 10.0. The normalized spacial score (nSPS) is 13.0. The van der Waals surface area contributed by atoms with Crippen molar-refractivity contribution >= 4 is 17.6 Å². The predicted molar refractivity (Wildman–Crippen MR) is 100 cm³/mol. The second-order valence-corrected chi connectivity index (χ2v) is 6.59. The zero-order chi connectivity index (χ0) is 20.0. The number of halogens is 2. The Kier molecular flexibility index (Phi) is 6.87. The lowest BCUT2D eigenvalue weighted by Gasteiger charge is -2.24. The summed E-state index contributed by atoms with van der Waals surface area (Å²) in [5, 5.41) is 8.03. The number of carbonyl (C=O) groups excluding carboxylic acids is 2. The van der Waals surface area contributed by atoms with Crippen molar-refractivity contribution in [2.24, 2.45) is 5.92 Å². The summed E-state index contributed by atoms with van der Waals surface area (Å²) in [7, 11) is 0. The summed E-state index contributed by atoms with van der Waals surface area (Å²) in [6.07, 6.45) is 0. The molecule has 144 valence electrons. The van der Waals surface area contributed by atoms with Crippen LogP contribution in [0.5, 0.6) is 0 Å². The van der Waals surface area contributed by atoms with Gasteiger partial charge in [0, 0.05) is 5.69 Å². The molecule has 0 heterocycles. The quantitative estimate of drug-likeness (QED) is 0.715. The van der Waals surface area contributed by atoms with Gasteiger partial charge in [0.25, 0.3) is 0 Å². The lowest BCUT2D eigenvalue weighted by molar-refractivity contribution is -0.124. The van der Waals surface area contributed by atoms with E-state index in [2.05, 4.69) is 16.0 Å². The Morgan fingerprint density at radius 1 is 0.889 bits per heavy atom. The minimum atomic E-state index is -0.977. The molecule has 0 fully saturated rings. The first kappa shape index (κ1) is 20.4. The highest BCUT2D eigenvalue weighted by Crippen LogP contribution is 2.17. The number of hydrogen-bond acceptors (Lipinski definition) is 2. The molecule has 2 aromatic carbocycles. The number of anilines is 1. The first-order valence-electron chi connectivity index (χ1n) is 8.66. The van der Waals surface area contributed by atoms with Gasteiger partial charge in [0.1, 0.15) is 6.04 Å². The average molecular weight is 375 g/mol. The minimum Gasteiger partial charge on any atom is -0.348 e. The fraction of sp³-hybridized carbons (Fsp3) is 0.300. The molecule has 0 aromatic heterocycles. The van der Waals surface area contributed by atoms with Gasteiger partial charge in [0.05, 0.1) is 6.04 Å². The van der Waals surface area contributed by atoms with Crippen LogP contribution in [0.25, 0.3) is 0 Å². The molecule has 3 amide bonds. The van der Waals surface area contributed by atoms with Gasteiger partial charge in [-0.05, 0) is 42.7 Å². The molecule has 0 radical (unpaired) electrons. The summed E-state index contributed by atoms with van der Waals surface area (Å²) in [4.78, 5) is 24.8. The molecule has 7 heteroatoms. The van der Waals surface area contributed by atoms with E-state index >= 15 is 0 Å². The lowest BCUT2D eigenvalue weighted by Crippen LogP contribution is -2.51. The fourth-order valence-electron chi connectivity index (χ4n) is 2.53. The molecule has 2 rings (SSSR count). The van der Waals surface area contributed by atoms with E-state index in [9.17, 15) is 18.4 Å². The molecule has 0 saturated heterocycles. The molecule has 2 unspecified atom stereocenters. The maximum Gasteiger partial charge on any atom is 0.319 e. The number of benzene rings is 2. The molecule has 27 heavy (non-hydrogen) atoms. The highest BCUT2D eigenvalue weighted by atomic mass is 19.2. The molecular formula is C20H23F2N3O2.